The van der Waals surface area contributed by atoms with Gasteiger partial charge < -0.3 is 5.73 Å². The van der Waals surface area contributed by atoms with Crippen LogP contribution in [0.1, 0.15) is 0 Å². The van der Waals surface area contributed by atoms with E-state index >= 15 is 0 Å². The number of anilines is 1. The maximum atomic E-state index is 5.78. The van der Waals surface area contributed by atoms with Crippen molar-refractivity contribution in [3.05, 3.63) is 30.6 Å². The van der Waals surface area contributed by atoms with Crippen molar-refractivity contribution in [2.75, 3.05) is 5.73 Å². The van der Waals surface area contributed by atoms with Crippen LogP contribution in [0.3, 0.4) is 0 Å². The van der Waals surface area contributed by atoms with E-state index in [1.54, 1.807) is 10.9 Å². The lowest BCUT2D eigenvalue weighted by atomic mass is 10.1. The molecule has 4 N–H and O–H groups in total. The highest BCUT2D eigenvalue weighted by atomic mass is 32.2. The van der Waals surface area contributed by atoms with Crippen LogP contribution in [0.25, 0.3) is 11.1 Å². The van der Waals surface area contributed by atoms with E-state index in [4.69, 9.17) is 10.9 Å². The van der Waals surface area contributed by atoms with E-state index in [1.807, 2.05) is 31.4 Å². The van der Waals surface area contributed by atoms with Gasteiger partial charge in [-0.15, -0.1) is 0 Å². The molecule has 0 atom stereocenters. The Hall–Kier alpha value is -1.46. The Morgan fingerprint density at radius 3 is 2.67 bits per heavy atom. The molecule has 15 heavy (non-hydrogen) atoms. The van der Waals surface area contributed by atoms with E-state index in [0.717, 1.165) is 16.0 Å². The molecule has 0 aliphatic rings. The molecule has 0 fully saturated rings. The summed E-state index contributed by atoms with van der Waals surface area (Å²) >= 11 is 1.19. The number of hydrogen-bond acceptors (Lipinski definition) is 4. The maximum Gasteiger partial charge on any atom is 0.0568 e. The lowest BCUT2D eigenvalue weighted by Gasteiger charge is -2.03. The average molecular weight is 220 g/mol. The van der Waals surface area contributed by atoms with Gasteiger partial charge in [0.25, 0.3) is 0 Å². The maximum absolute atomic E-state index is 5.78. The van der Waals surface area contributed by atoms with Crippen LogP contribution in [0.2, 0.25) is 0 Å². The lowest BCUT2D eigenvalue weighted by Crippen LogP contribution is -1.89. The molecule has 1 heterocycles. The second kappa shape index (κ2) is 3.96. The van der Waals surface area contributed by atoms with Gasteiger partial charge in [0, 0.05) is 29.4 Å². The first-order valence-corrected chi connectivity index (χ1v) is 5.33. The summed E-state index contributed by atoms with van der Waals surface area (Å²) in [6.07, 6.45) is 3.75. The molecule has 4 nitrogen and oxygen atoms in total. The Bertz CT molecular complexity index is 478. The zero-order chi connectivity index (χ0) is 10.8. The van der Waals surface area contributed by atoms with Crippen molar-refractivity contribution in [3.8, 4) is 11.1 Å². The minimum Gasteiger partial charge on any atom is -0.399 e. The smallest absolute Gasteiger partial charge is 0.0568 e. The van der Waals surface area contributed by atoms with Crippen LogP contribution in [0.15, 0.2) is 35.5 Å². The van der Waals surface area contributed by atoms with Crippen molar-refractivity contribution in [1.82, 2.24) is 9.78 Å². The molecule has 2 rings (SSSR count). The first-order chi connectivity index (χ1) is 7.19. The highest BCUT2D eigenvalue weighted by Crippen LogP contribution is 2.26. The quantitative estimate of drug-likeness (QED) is 0.596. The van der Waals surface area contributed by atoms with Gasteiger partial charge in [-0.1, -0.05) is 0 Å². The Morgan fingerprint density at radius 1 is 1.27 bits per heavy atom. The molecule has 1 aromatic heterocycles. The van der Waals surface area contributed by atoms with Gasteiger partial charge in [0.1, 0.15) is 0 Å². The second-order valence-electron chi connectivity index (χ2n) is 3.31. The van der Waals surface area contributed by atoms with Crippen LogP contribution in [0.4, 0.5) is 5.69 Å². The standard InChI is InChI=1S/C10H12N4S/c1-14-6-8(5-13-14)7-2-9(11)4-10(3-7)15-12/h2-6H,11-12H2,1H3. The topological polar surface area (TPSA) is 69.9 Å². The van der Waals surface area contributed by atoms with Crippen molar-refractivity contribution >= 4 is 17.6 Å². The largest absolute Gasteiger partial charge is 0.399 e. The number of aromatic nitrogens is 2. The fraction of sp³-hybridized carbons (Fsp3) is 0.100. The summed E-state index contributed by atoms with van der Waals surface area (Å²) in [5.74, 6) is 0. The fourth-order valence-electron chi connectivity index (χ4n) is 1.43. The molecule has 0 unspecified atom stereocenters. The molecule has 0 saturated carbocycles. The van der Waals surface area contributed by atoms with E-state index in [-0.39, 0.29) is 0 Å². The molecule has 0 radical (unpaired) electrons. The van der Waals surface area contributed by atoms with Gasteiger partial charge in [-0.2, -0.15) is 5.10 Å². The Kier molecular flexibility index (Phi) is 2.66. The third-order valence-corrected chi connectivity index (χ3v) is 2.61. The van der Waals surface area contributed by atoms with Crippen molar-refractivity contribution in [2.24, 2.45) is 12.2 Å². The van der Waals surface area contributed by atoms with Crippen LogP contribution < -0.4 is 10.9 Å². The predicted molar refractivity (Wildman–Crippen MR) is 63.1 cm³/mol. The third kappa shape index (κ3) is 2.14. The Morgan fingerprint density at radius 2 is 2.07 bits per heavy atom. The Labute approximate surface area is 92.4 Å². The molecule has 0 amide bonds. The zero-order valence-electron chi connectivity index (χ0n) is 8.34. The second-order valence-corrected chi connectivity index (χ2v) is 4.02. The van der Waals surface area contributed by atoms with Crippen molar-refractivity contribution in [2.45, 2.75) is 4.90 Å². The number of benzene rings is 1. The summed E-state index contributed by atoms with van der Waals surface area (Å²) in [4.78, 5) is 0.953. The highest BCUT2D eigenvalue weighted by Gasteiger charge is 2.03. The van der Waals surface area contributed by atoms with E-state index in [1.165, 1.54) is 11.9 Å². The van der Waals surface area contributed by atoms with Gasteiger partial charge >= 0.3 is 0 Å². The first kappa shape index (κ1) is 10.1. The summed E-state index contributed by atoms with van der Waals surface area (Å²) in [6, 6.07) is 5.76. The van der Waals surface area contributed by atoms with E-state index < -0.39 is 0 Å². The molecule has 78 valence electrons. The lowest BCUT2D eigenvalue weighted by molar-refractivity contribution is 0.768. The molecular weight excluding hydrogens is 208 g/mol. The van der Waals surface area contributed by atoms with Crippen molar-refractivity contribution in [1.29, 1.82) is 0 Å². The Balaban J connectivity index is 2.48. The fourth-order valence-corrected chi connectivity index (χ4v) is 1.83. The normalized spacial score (nSPS) is 10.5. The zero-order valence-corrected chi connectivity index (χ0v) is 9.16. The van der Waals surface area contributed by atoms with Crippen LogP contribution in [-0.4, -0.2) is 9.78 Å². The number of nitrogens with zero attached hydrogens (tertiary/aromatic N) is 2. The molecule has 0 bridgehead atoms. The minimum atomic E-state index is 0.712. The molecule has 0 aliphatic heterocycles. The van der Waals surface area contributed by atoms with Gasteiger partial charge in [-0.05, 0) is 35.7 Å². The molecule has 2 aromatic rings. The third-order valence-electron chi connectivity index (χ3n) is 2.10. The average Bonchev–Trinajstić information content (AvgIpc) is 2.64. The summed E-state index contributed by atoms with van der Waals surface area (Å²) in [5, 5.41) is 9.63. The van der Waals surface area contributed by atoms with Crippen LogP contribution >= 0.6 is 11.9 Å². The van der Waals surface area contributed by atoms with E-state index in [2.05, 4.69) is 5.10 Å². The molecule has 1 aromatic carbocycles. The first-order valence-electron chi connectivity index (χ1n) is 4.45. The van der Waals surface area contributed by atoms with Crippen molar-refractivity contribution in [3.63, 3.8) is 0 Å². The number of nitrogens with two attached hydrogens (primary N) is 2. The van der Waals surface area contributed by atoms with Gasteiger partial charge in [-0.3, -0.25) is 9.82 Å². The molecule has 5 heteroatoms. The molecule has 0 aliphatic carbocycles. The molecular formula is C10H12N4S. The number of nitrogen functional groups attached to an aromatic ring is 1. The van der Waals surface area contributed by atoms with Crippen LogP contribution in [0, 0.1) is 0 Å². The summed E-state index contributed by atoms with van der Waals surface area (Å²) in [5.41, 5.74) is 8.58. The SMILES string of the molecule is Cn1cc(-c2cc(N)cc(SN)c2)cn1. The predicted octanol–water partition coefficient (Wildman–Crippen LogP) is 1.64. The van der Waals surface area contributed by atoms with Crippen molar-refractivity contribution < 1.29 is 0 Å². The van der Waals surface area contributed by atoms with E-state index in [0.29, 0.717) is 5.69 Å². The van der Waals surface area contributed by atoms with E-state index in [9.17, 15) is 0 Å². The summed E-state index contributed by atoms with van der Waals surface area (Å²) in [6.45, 7) is 0. The number of hydrogen-bond donors (Lipinski definition) is 2. The van der Waals surface area contributed by atoms with Gasteiger partial charge in [0.15, 0.2) is 0 Å². The summed E-state index contributed by atoms with van der Waals surface area (Å²) in [7, 11) is 1.88. The van der Waals surface area contributed by atoms with Gasteiger partial charge in [0.05, 0.1) is 6.20 Å². The molecule has 0 spiro atoms. The molecule has 0 saturated heterocycles. The summed E-state index contributed by atoms with van der Waals surface area (Å²) < 4.78 is 1.76. The number of rotatable bonds is 2. The number of aryl methyl sites for hydroxylation is 1. The highest BCUT2D eigenvalue weighted by molar-refractivity contribution is 7.97. The van der Waals surface area contributed by atoms with Crippen LogP contribution in [0.5, 0.6) is 0 Å². The van der Waals surface area contributed by atoms with Gasteiger partial charge in [0.2, 0.25) is 0 Å². The van der Waals surface area contributed by atoms with Crippen LogP contribution in [-0.2, 0) is 7.05 Å². The minimum absolute atomic E-state index is 0.712. The monoisotopic (exact) mass is 220 g/mol. The van der Waals surface area contributed by atoms with Gasteiger partial charge in [-0.25, -0.2) is 0 Å².